The van der Waals surface area contributed by atoms with Gasteiger partial charge < -0.3 is 15.1 Å². The summed E-state index contributed by atoms with van der Waals surface area (Å²) >= 11 is 5.64. The van der Waals surface area contributed by atoms with Gasteiger partial charge in [-0.25, -0.2) is 0 Å². The zero-order chi connectivity index (χ0) is 20.3. The maximum absolute atomic E-state index is 11.5. The Labute approximate surface area is 165 Å². The first-order valence-corrected chi connectivity index (χ1v) is 9.61. The molecule has 0 radical (unpaired) electrons. The zero-order valence-electron chi connectivity index (χ0n) is 15.9. The highest BCUT2D eigenvalue weighted by molar-refractivity contribution is 6.30. The van der Waals surface area contributed by atoms with E-state index in [9.17, 15) is 14.7 Å². The summed E-state index contributed by atoms with van der Waals surface area (Å²) in [4.78, 5) is 22.3. The lowest BCUT2D eigenvalue weighted by Crippen LogP contribution is -2.60. The van der Waals surface area contributed by atoms with Crippen LogP contribution in [-0.2, 0) is 9.59 Å². The van der Waals surface area contributed by atoms with Gasteiger partial charge in [-0.3, -0.25) is 10.1 Å². The zero-order valence-corrected chi connectivity index (χ0v) is 16.7. The van der Waals surface area contributed by atoms with Crippen molar-refractivity contribution in [3.05, 3.63) is 34.9 Å². The Morgan fingerprint density at radius 2 is 2.04 bits per heavy atom. The highest BCUT2D eigenvalue weighted by Crippen LogP contribution is 2.26. The number of benzene rings is 1. The molecule has 3 N–H and O–H groups in total. The van der Waals surface area contributed by atoms with E-state index in [2.05, 4.69) is 10.5 Å². The van der Waals surface area contributed by atoms with Gasteiger partial charge in [0.25, 0.3) is 0 Å². The third-order valence-electron chi connectivity index (χ3n) is 4.89. The summed E-state index contributed by atoms with van der Waals surface area (Å²) in [5, 5.41) is 24.3. The van der Waals surface area contributed by atoms with E-state index in [1.165, 1.54) is 12.6 Å². The molecule has 0 spiro atoms. The lowest BCUT2D eigenvalue weighted by molar-refractivity contribution is -0.149. The van der Waals surface area contributed by atoms with Crippen molar-refractivity contribution in [3.8, 4) is 0 Å². The standard InChI is InChI=1S/C13H23NO3.C7H6ClNO/c1-10(2)13(8-9-15,12(16)17)14-11-6-4-3-5-7-11;8-7-3-1-2-6(4-7)5-9-10/h9-11,14H,3-8H2,1-2H3,(H,16,17);1-5,10H. The van der Waals surface area contributed by atoms with Crippen molar-refractivity contribution in [2.45, 2.75) is 64.0 Å². The van der Waals surface area contributed by atoms with E-state index in [-0.39, 0.29) is 18.4 Å². The van der Waals surface area contributed by atoms with Crippen LogP contribution in [-0.4, -0.2) is 40.4 Å². The molecule has 1 saturated carbocycles. The van der Waals surface area contributed by atoms with E-state index in [1.807, 2.05) is 13.8 Å². The number of carboxylic acids is 1. The largest absolute Gasteiger partial charge is 0.480 e. The van der Waals surface area contributed by atoms with E-state index in [0.717, 1.165) is 31.2 Å². The molecule has 0 aromatic heterocycles. The molecule has 1 atom stereocenters. The molecule has 0 amide bonds. The first-order valence-electron chi connectivity index (χ1n) is 9.23. The Morgan fingerprint density at radius 1 is 1.37 bits per heavy atom. The van der Waals surface area contributed by atoms with Crippen LogP contribution in [0.1, 0.15) is 57.9 Å². The molecule has 2 rings (SSSR count). The van der Waals surface area contributed by atoms with E-state index < -0.39 is 11.5 Å². The quantitative estimate of drug-likeness (QED) is 0.278. The van der Waals surface area contributed by atoms with Gasteiger partial charge >= 0.3 is 5.97 Å². The van der Waals surface area contributed by atoms with Crippen LogP contribution < -0.4 is 5.32 Å². The SMILES string of the molecule is CC(C)C(CC=O)(NC1CCCCC1)C(=O)O.ON=Cc1cccc(Cl)c1. The minimum Gasteiger partial charge on any atom is -0.480 e. The number of carbonyl (C=O) groups is 2. The molecule has 1 aromatic rings. The Kier molecular flexibility index (Phi) is 10.0. The van der Waals surface area contributed by atoms with Crippen molar-refractivity contribution < 1.29 is 19.9 Å². The van der Waals surface area contributed by atoms with Crippen molar-refractivity contribution in [1.82, 2.24) is 5.32 Å². The summed E-state index contributed by atoms with van der Waals surface area (Å²) in [6.45, 7) is 3.71. The van der Waals surface area contributed by atoms with Gasteiger partial charge in [0.15, 0.2) is 0 Å². The predicted octanol–water partition coefficient (Wildman–Crippen LogP) is 4.13. The molecule has 1 aliphatic rings. The monoisotopic (exact) mass is 396 g/mol. The number of carbonyl (C=O) groups excluding carboxylic acids is 1. The number of aldehydes is 1. The van der Waals surface area contributed by atoms with Gasteiger partial charge in [0.2, 0.25) is 0 Å². The fourth-order valence-electron chi connectivity index (χ4n) is 3.25. The van der Waals surface area contributed by atoms with Gasteiger partial charge in [0.05, 0.1) is 6.21 Å². The molecule has 1 aliphatic carbocycles. The molecule has 7 heteroatoms. The van der Waals surface area contributed by atoms with Gasteiger partial charge in [-0.05, 0) is 36.5 Å². The fourth-order valence-corrected chi connectivity index (χ4v) is 3.45. The number of hydrogen-bond acceptors (Lipinski definition) is 5. The Bertz CT molecular complexity index is 630. The van der Waals surface area contributed by atoms with Gasteiger partial charge in [-0.1, -0.05) is 62.0 Å². The van der Waals surface area contributed by atoms with E-state index >= 15 is 0 Å². The molecule has 6 nitrogen and oxygen atoms in total. The number of hydrogen-bond donors (Lipinski definition) is 3. The van der Waals surface area contributed by atoms with E-state index in [0.29, 0.717) is 11.3 Å². The van der Waals surface area contributed by atoms with Crippen LogP contribution >= 0.6 is 11.6 Å². The minimum atomic E-state index is -1.09. The molecular formula is C20H29ClN2O4. The van der Waals surface area contributed by atoms with Crippen LogP contribution in [0.3, 0.4) is 0 Å². The average Bonchev–Trinajstić information content (AvgIpc) is 2.62. The summed E-state index contributed by atoms with van der Waals surface area (Å²) in [6, 6.07) is 7.30. The minimum absolute atomic E-state index is 0.0382. The van der Waals surface area contributed by atoms with Crippen molar-refractivity contribution in [2.24, 2.45) is 11.1 Å². The normalized spacial score (nSPS) is 17.2. The van der Waals surface area contributed by atoms with Gasteiger partial charge in [0, 0.05) is 17.5 Å². The van der Waals surface area contributed by atoms with Crippen molar-refractivity contribution in [2.75, 3.05) is 0 Å². The Balaban J connectivity index is 0.000000309. The third kappa shape index (κ3) is 7.31. The second-order valence-corrected chi connectivity index (χ2v) is 7.52. The van der Waals surface area contributed by atoms with Crippen LogP contribution in [0.4, 0.5) is 0 Å². The molecular weight excluding hydrogens is 368 g/mol. The number of nitrogens with one attached hydrogen (secondary N) is 1. The number of carboxylic acid groups (broad SMARTS) is 1. The molecule has 0 saturated heterocycles. The Hall–Kier alpha value is -1.92. The summed E-state index contributed by atoms with van der Waals surface area (Å²) in [7, 11) is 0. The fraction of sp³-hybridized carbons (Fsp3) is 0.550. The second-order valence-electron chi connectivity index (χ2n) is 7.08. The molecule has 1 aromatic carbocycles. The van der Waals surface area contributed by atoms with Crippen LogP contribution in [0.2, 0.25) is 5.02 Å². The maximum atomic E-state index is 11.5. The summed E-state index contributed by atoms with van der Waals surface area (Å²) in [6.07, 6.45) is 7.63. The molecule has 1 fully saturated rings. The highest BCUT2D eigenvalue weighted by Gasteiger charge is 2.42. The van der Waals surface area contributed by atoms with Crippen molar-refractivity contribution in [3.63, 3.8) is 0 Å². The summed E-state index contributed by atoms with van der Waals surface area (Å²) in [5.41, 5.74) is -0.306. The lowest BCUT2D eigenvalue weighted by atomic mass is 9.81. The van der Waals surface area contributed by atoms with Crippen molar-refractivity contribution >= 4 is 30.1 Å². The van der Waals surface area contributed by atoms with Gasteiger partial charge in [-0.15, -0.1) is 0 Å². The van der Waals surface area contributed by atoms with E-state index in [4.69, 9.17) is 16.8 Å². The topological polar surface area (TPSA) is 99.0 Å². The molecule has 0 bridgehead atoms. The van der Waals surface area contributed by atoms with Crippen LogP contribution in [0.25, 0.3) is 0 Å². The molecule has 0 aliphatic heterocycles. The summed E-state index contributed by atoms with van der Waals surface area (Å²) in [5.74, 6) is -1.02. The number of oxime groups is 1. The third-order valence-corrected chi connectivity index (χ3v) is 5.13. The average molecular weight is 397 g/mol. The molecule has 150 valence electrons. The maximum Gasteiger partial charge on any atom is 0.324 e. The molecule has 27 heavy (non-hydrogen) atoms. The van der Waals surface area contributed by atoms with Gasteiger partial charge in [0.1, 0.15) is 11.8 Å². The van der Waals surface area contributed by atoms with Crippen LogP contribution in [0.15, 0.2) is 29.4 Å². The second kappa shape index (κ2) is 11.7. The smallest absolute Gasteiger partial charge is 0.324 e. The highest BCUT2D eigenvalue weighted by atomic mass is 35.5. The van der Waals surface area contributed by atoms with Gasteiger partial charge in [-0.2, -0.15) is 0 Å². The molecule has 1 unspecified atom stereocenters. The lowest BCUT2D eigenvalue weighted by Gasteiger charge is -2.38. The molecule has 0 heterocycles. The number of halogens is 1. The van der Waals surface area contributed by atoms with Crippen LogP contribution in [0, 0.1) is 5.92 Å². The predicted molar refractivity (Wildman–Crippen MR) is 107 cm³/mol. The summed E-state index contributed by atoms with van der Waals surface area (Å²) < 4.78 is 0. The number of nitrogens with zero attached hydrogens (tertiary/aromatic N) is 1. The van der Waals surface area contributed by atoms with Crippen LogP contribution in [0.5, 0.6) is 0 Å². The van der Waals surface area contributed by atoms with Crippen molar-refractivity contribution in [1.29, 1.82) is 0 Å². The Morgan fingerprint density at radius 3 is 2.52 bits per heavy atom. The number of aliphatic carboxylic acids is 1. The first-order chi connectivity index (χ1) is 12.9. The number of rotatable bonds is 7. The first kappa shape index (κ1) is 23.1. The van der Waals surface area contributed by atoms with E-state index in [1.54, 1.807) is 24.3 Å².